The zero-order chi connectivity index (χ0) is 14.4. The topological polar surface area (TPSA) is 90.7 Å². The summed E-state index contributed by atoms with van der Waals surface area (Å²) in [5.41, 5.74) is 0.417. The number of nitrogens with one attached hydrogen (secondary N) is 1. The van der Waals surface area contributed by atoms with Crippen LogP contribution in [-0.2, 0) is 9.53 Å². The van der Waals surface area contributed by atoms with Gasteiger partial charge in [-0.2, -0.15) is 0 Å². The number of methoxy groups -OCH3 is 1. The van der Waals surface area contributed by atoms with Crippen LogP contribution in [0, 0.1) is 10.1 Å². The van der Waals surface area contributed by atoms with Gasteiger partial charge in [-0.3, -0.25) is 10.1 Å². The van der Waals surface area contributed by atoms with Crippen LogP contribution in [0.4, 0.5) is 11.4 Å². The lowest BCUT2D eigenvalue weighted by Gasteiger charge is -2.14. The molecule has 1 rings (SSSR count). The zero-order valence-corrected chi connectivity index (χ0v) is 11.0. The van der Waals surface area contributed by atoms with Crippen LogP contribution in [0.25, 0.3) is 0 Å². The minimum atomic E-state index is -0.550. The average Bonchev–Trinajstić information content (AvgIpc) is 2.38. The lowest BCUT2D eigenvalue weighted by molar-refractivity contribution is -0.385. The fourth-order valence-electron chi connectivity index (χ4n) is 1.49. The van der Waals surface area contributed by atoms with Gasteiger partial charge in [0.2, 0.25) is 0 Å². The van der Waals surface area contributed by atoms with Crippen molar-refractivity contribution >= 4 is 17.3 Å². The van der Waals surface area contributed by atoms with Gasteiger partial charge in [0.05, 0.1) is 18.6 Å². The summed E-state index contributed by atoms with van der Waals surface area (Å²) < 4.78 is 9.79. The SMILES string of the molecule is CCOC(=O)C(C)Nc1ccc([N+](=O)[O-])c(OC)c1. The van der Waals surface area contributed by atoms with Crippen molar-refractivity contribution < 1.29 is 19.2 Å². The highest BCUT2D eigenvalue weighted by molar-refractivity contribution is 5.79. The number of hydrogen-bond acceptors (Lipinski definition) is 6. The first-order valence-corrected chi connectivity index (χ1v) is 5.75. The molecule has 0 saturated carbocycles. The summed E-state index contributed by atoms with van der Waals surface area (Å²) in [4.78, 5) is 21.7. The Morgan fingerprint density at radius 3 is 2.74 bits per heavy atom. The first kappa shape index (κ1) is 14.7. The van der Waals surface area contributed by atoms with E-state index in [4.69, 9.17) is 9.47 Å². The van der Waals surface area contributed by atoms with Gasteiger partial charge in [0.25, 0.3) is 0 Å². The van der Waals surface area contributed by atoms with Gasteiger partial charge in [-0.05, 0) is 19.9 Å². The highest BCUT2D eigenvalue weighted by Gasteiger charge is 2.17. The average molecular weight is 268 g/mol. The number of nitrogens with zero attached hydrogens (tertiary/aromatic N) is 1. The van der Waals surface area contributed by atoms with Crippen LogP contribution in [0.3, 0.4) is 0 Å². The summed E-state index contributed by atoms with van der Waals surface area (Å²) in [6, 6.07) is 3.75. The standard InChI is InChI=1S/C12H16N2O5/c1-4-19-12(15)8(2)13-9-5-6-10(14(16)17)11(7-9)18-3/h5-8,13H,4H2,1-3H3. The third kappa shape index (κ3) is 3.84. The predicted octanol–water partition coefficient (Wildman–Crippen LogP) is 1.97. The number of nitro benzene ring substituents is 1. The Morgan fingerprint density at radius 1 is 1.53 bits per heavy atom. The molecule has 0 aliphatic carbocycles. The number of ether oxygens (including phenoxy) is 2. The number of carbonyl (C=O) groups is 1. The summed E-state index contributed by atoms with van der Waals surface area (Å²) in [6.07, 6.45) is 0. The van der Waals surface area contributed by atoms with Gasteiger partial charge in [0, 0.05) is 17.8 Å². The third-order valence-electron chi connectivity index (χ3n) is 2.40. The van der Waals surface area contributed by atoms with Crippen molar-refractivity contribution in [2.45, 2.75) is 19.9 Å². The lowest BCUT2D eigenvalue weighted by Crippen LogP contribution is -2.28. The fraction of sp³-hybridized carbons (Fsp3) is 0.417. The number of hydrogen-bond donors (Lipinski definition) is 1. The summed E-state index contributed by atoms with van der Waals surface area (Å²) in [5.74, 6) is -0.258. The van der Waals surface area contributed by atoms with E-state index in [-0.39, 0.29) is 17.4 Å². The molecule has 1 aromatic rings. The third-order valence-corrected chi connectivity index (χ3v) is 2.40. The maximum Gasteiger partial charge on any atom is 0.328 e. The summed E-state index contributed by atoms with van der Waals surface area (Å²) in [5, 5.41) is 13.6. The first-order valence-electron chi connectivity index (χ1n) is 5.75. The van der Waals surface area contributed by atoms with Crippen molar-refractivity contribution in [3.63, 3.8) is 0 Å². The lowest BCUT2D eigenvalue weighted by atomic mass is 10.2. The molecule has 0 amide bonds. The fourth-order valence-corrected chi connectivity index (χ4v) is 1.49. The van der Waals surface area contributed by atoms with Crippen LogP contribution in [0.1, 0.15) is 13.8 Å². The molecule has 0 radical (unpaired) electrons. The van der Waals surface area contributed by atoms with Crippen molar-refractivity contribution in [1.82, 2.24) is 0 Å². The van der Waals surface area contributed by atoms with Gasteiger partial charge in [0.1, 0.15) is 6.04 Å². The molecule has 0 saturated heterocycles. The first-order chi connectivity index (χ1) is 8.99. The second-order valence-electron chi connectivity index (χ2n) is 3.76. The largest absolute Gasteiger partial charge is 0.490 e. The molecule has 1 aromatic carbocycles. The van der Waals surface area contributed by atoms with E-state index in [2.05, 4.69) is 5.32 Å². The Bertz CT molecular complexity index is 475. The van der Waals surface area contributed by atoms with Gasteiger partial charge < -0.3 is 14.8 Å². The molecule has 1 atom stereocenters. The molecule has 0 bridgehead atoms. The van der Waals surface area contributed by atoms with E-state index < -0.39 is 11.0 Å². The maximum atomic E-state index is 11.5. The number of carbonyl (C=O) groups excluding carboxylic acids is 1. The molecule has 0 aromatic heterocycles. The molecule has 0 fully saturated rings. The number of esters is 1. The van der Waals surface area contributed by atoms with Gasteiger partial charge in [-0.1, -0.05) is 0 Å². The number of nitro groups is 1. The zero-order valence-electron chi connectivity index (χ0n) is 11.0. The van der Waals surface area contributed by atoms with Crippen LogP contribution in [-0.4, -0.2) is 30.7 Å². The summed E-state index contributed by atoms with van der Waals surface area (Å²) in [7, 11) is 1.35. The van der Waals surface area contributed by atoms with Crippen molar-refractivity contribution in [2.24, 2.45) is 0 Å². The normalized spacial score (nSPS) is 11.5. The molecule has 7 nitrogen and oxygen atoms in total. The molecule has 104 valence electrons. The molecular formula is C12H16N2O5. The van der Waals surface area contributed by atoms with Gasteiger partial charge >= 0.3 is 11.7 Å². The van der Waals surface area contributed by atoms with Crippen molar-refractivity contribution in [3.05, 3.63) is 28.3 Å². The van der Waals surface area contributed by atoms with Crippen LogP contribution in [0.2, 0.25) is 0 Å². The Labute approximate surface area is 110 Å². The molecule has 0 heterocycles. The Hall–Kier alpha value is -2.31. The number of benzene rings is 1. The van der Waals surface area contributed by atoms with Crippen LogP contribution >= 0.6 is 0 Å². The van der Waals surface area contributed by atoms with Crippen molar-refractivity contribution in [2.75, 3.05) is 19.0 Å². The van der Waals surface area contributed by atoms with Gasteiger partial charge in [-0.15, -0.1) is 0 Å². The smallest absolute Gasteiger partial charge is 0.328 e. The minimum Gasteiger partial charge on any atom is -0.490 e. The van der Waals surface area contributed by atoms with E-state index in [1.165, 1.54) is 25.3 Å². The van der Waals surface area contributed by atoms with Gasteiger partial charge in [0.15, 0.2) is 5.75 Å². The van der Waals surface area contributed by atoms with Crippen LogP contribution in [0.15, 0.2) is 18.2 Å². The van der Waals surface area contributed by atoms with E-state index in [9.17, 15) is 14.9 Å². The molecule has 1 N–H and O–H groups in total. The molecule has 19 heavy (non-hydrogen) atoms. The minimum absolute atomic E-state index is 0.128. The highest BCUT2D eigenvalue weighted by Crippen LogP contribution is 2.29. The Balaban J connectivity index is 2.85. The Kier molecular flexibility index (Phi) is 5.11. The summed E-state index contributed by atoms with van der Waals surface area (Å²) >= 11 is 0. The Morgan fingerprint density at radius 2 is 2.21 bits per heavy atom. The molecule has 7 heteroatoms. The highest BCUT2D eigenvalue weighted by atomic mass is 16.6. The summed E-state index contributed by atoms with van der Waals surface area (Å²) in [6.45, 7) is 3.67. The second-order valence-corrected chi connectivity index (χ2v) is 3.76. The number of rotatable bonds is 6. The maximum absolute atomic E-state index is 11.5. The molecule has 1 unspecified atom stereocenters. The molecule has 0 aliphatic rings. The van der Waals surface area contributed by atoms with Crippen LogP contribution in [0.5, 0.6) is 5.75 Å². The monoisotopic (exact) mass is 268 g/mol. The second kappa shape index (κ2) is 6.58. The predicted molar refractivity (Wildman–Crippen MR) is 69.4 cm³/mol. The van der Waals surface area contributed by atoms with E-state index >= 15 is 0 Å². The molecule has 0 aliphatic heterocycles. The van der Waals surface area contributed by atoms with E-state index in [0.717, 1.165) is 0 Å². The van der Waals surface area contributed by atoms with E-state index in [1.807, 2.05) is 0 Å². The quantitative estimate of drug-likeness (QED) is 0.482. The van der Waals surface area contributed by atoms with Gasteiger partial charge in [-0.25, -0.2) is 4.79 Å². The van der Waals surface area contributed by atoms with E-state index in [1.54, 1.807) is 13.8 Å². The molecular weight excluding hydrogens is 252 g/mol. The number of anilines is 1. The van der Waals surface area contributed by atoms with E-state index in [0.29, 0.717) is 12.3 Å². The molecule has 0 spiro atoms. The van der Waals surface area contributed by atoms with Crippen LogP contribution < -0.4 is 10.1 Å². The van der Waals surface area contributed by atoms with Crippen molar-refractivity contribution in [3.8, 4) is 5.75 Å². The van der Waals surface area contributed by atoms with Crippen molar-refractivity contribution in [1.29, 1.82) is 0 Å².